The third kappa shape index (κ3) is 2.97. The van der Waals surface area contributed by atoms with Crippen LogP contribution in [0.2, 0.25) is 0 Å². The zero-order valence-electron chi connectivity index (χ0n) is 12.1. The minimum absolute atomic E-state index is 0.991. The second kappa shape index (κ2) is 6.73. The summed E-state index contributed by atoms with van der Waals surface area (Å²) in [4.78, 5) is 0. The topological polar surface area (TPSA) is 23.8 Å². The van der Waals surface area contributed by atoms with Crippen molar-refractivity contribution in [3.63, 3.8) is 0 Å². The van der Waals surface area contributed by atoms with Crippen LogP contribution in [0.25, 0.3) is 5.57 Å². The Kier molecular flexibility index (Phi) is 4.74. The molecule has 0 radical (unpaired) electrons. The van der Waals surface area contributed by atoms with Crippen molar-refractivity contribution in [3.8, 4) is 6.07 Å². The molecule has 0 atom stereocenters. The van der Waals surface area contributed by atoms with E-state index in [0.717, 1.165) is 29.5 Å². The zero-order valence-corrected chi connectivity index (χ0v) is 12.1. The summed E-state index contributed by atoms with van der Waals surface area (Å²) in [5.41, 5.74) is 5.95. The van der Waals surface area contributed by atoms with Gasteiger partial charge >= 0.3 is 0 Å². The highest BCUT2D eigenvalue weighted by Gasteiger charge is 2.07. The summed E-state index contributed by atoms with van der Waals surface area (Å²) in [5.74, 6) is 0. The second-order valence-corrected chi connectivity index (χ2v) is 4.74. The van der Waals surface area contributed by atoms with Crippen LogP contribution in [0.4, 0.5) is 0 Å². The maximum absolute atomic E-state index is 9.06. The lowest BCUT2D eigenvalue weighted by Crippen LogP contribution is -1.95. The van der Waals surface area contributed by atoms with E-state index in [1.807, 2.05) is 30.3 Å². The second-order valence-electron chi connectivity index (χ2n) is 4.74. The van der Waals surface area contributed by atoms with Crippen molar-refractivity contribution in [2.45, 2.75) is 26.7 Å². The molecule has 0 saturated heterocycles. The van der Waals surface area contributed by atoms with Gasteiger partial charge in [0, 0.05) is 6.08 Å². The van der Waals surface area contributed by atoms with Crippen LogP contribution in [0.5, 0.6) is 0 Å². The first-order valence-electron chi connectivity index (χ1n) is 7.07. The Labute approximate surface area is 121 Å². The Bertz CT molecular complexity index is 645. The number of nitrogens with zero attached hydrogens (tertiary/aromatic N) is 1. The van der Waals surface area contributed by atoms with Crippen molar-refractivity contribution in [1.29, 1.82) is 5.26 Å². The van der Waals surface area contributed by atoms with Crippen LogP contribution >= 0.6 is 0 Å². The van der Waals surface area contributed by atoms with Crippen LogP contribution in [0, 0.1) is 11.3 Å². The van der Waals surface area contributed by atoms with Crippen molar-refractivity contribution in [1.82, 2.24) is 0 Å². The molecule has 0 aliphatic rings. The minimum Gasteiger partial charge on any atom is -0.193 e. The number of rotatable bonds is 4. The Morgan fingerprint density at radius 1 is 0.950 bits per heavy atom. The molecule has 1 heteroatoms. The quantitative estimate of drug-likeness (QED) is 0.727. The van der Waals surface area contributed by atoms with Crippen LogP contribution in [0.15, 0.2) is 54.6 Å². The molecule has 20 heavy (non-hydrogen) atoms. The van der Waals surface area contributed by atoms with Gasteiger partial charge in [-0.05, 0) is 40.7 Å². The lowest BCUT2D eigenvalue weighted by atomic mass is 9.93. The Morgan fingerprint density at radius 2 is 1.65 bits per heavy atom. The summed E-state index contributed by atoms with van der Waals surface area (Å²) in [6.07, 6.45) is 3.70. The maximum atomic E-state index is 9.06. The molecule has 0 aliphatic carbocycles. The van der Waals surface area contributed by atoms with Gasteiger partial charge in [-0.25, -0.2) is 0 Å². The molecular weight excluding hydrogens is 242 g/mol. The summed E-state index contributed by atoms with van der Waals surface area (Å²) >= 11 is 0. The van der Waals surface area contributed by atoms with Crippen LogP contribution in [0.3, 0.4) is 0 Å². The fourth-order valence-electron chi connectivity index (χ4n) is 2.48. The fourth-order valence-corrected chi connectivity index (χ4v) is 2.48. The molecule has 2 aromatic carbocycles. The minimum atomic E-state index is 0.991. The van der Waals surface area contributed by atoms with Gasteiger partial charge in [0.25, 0.3) is 0 Å². The van der Waals surface area contributed by atoms with Gasteiger partial charge in [0.2, 0.25) is 0 Å². The monoisotopic (exact) mass is 261 g/mol. The van der Waals surface area contributed by atoms with Gasteiger partial charge in [0.15, 0.2) is 0 Å². The largest absolute Gasteiger partial charge is 0.193 e. The Balaban J connectivity index is 2.52. The molecule has 0 N–H and O–H groups in total. The van der Waals surface area contributed by atoms with Crippen molar-refractivity contribution in [2.24, 2.45) is 0 Å². The molecule has 100 valence electrons. The molecule has 0 heterocycles. The highest BCUT2D eigenvalue weighted by Crippen LogP contribution is 2.25. The van der Waals surface area contributed by atoms with E-state index in [9.17, 15) is 0 Å². The first kappa shape index (κ1) is 14.1. The van der Waals surface area contributed by atoms with Gasteiger partial charge in [-0.1, -0.05) is 62.4 Å². The lowest BCUT2D eigenvalue weighted by molar-refractivity contribution is 1.04. The lowest BCUT2D eigenvalue weighted by Gasteiger charge is -2.12. The van der Waals surface area contributed by atoms with Gasteiger partial charge < -0.3 is 0 Å². The van der Waals surface area contributed by atoms with Gasteiger partial charge in [-0.2, -0.15) is 5.26 Å². The molecule has 1 nitrogen and oxygen atoms in total. The SMILES string of the molecule is CCc1ccc(C(=CC#N)c2ccccc2)cc1CC. The summed E-state index contributed by atoms with van der Waals surface area (Å²) in [5, 5.41) is 9.06. The van der Waals surface area contributed by atoms with E-state index in [1.165, 1.54) is 11.1 Å². The summed E-state index contributed by atoms with van der Waals surface area (Å²) in [6, 6.07) is 18.8. The number of nitriles is 1. The highest BCUT2D eigenvalue weighted by molar-refractivity contribution is 5.81. The van der Waals surface area contributed by atoms with Crippen molar-refractivity contribution in [2.75, 3.05) is 0 Å². The molecule has 0 aliphatic heterocycles. The molecule has 0 fully saturated rings. The van der Waals surface area contributed by atoms with Crippen LogP contribution in [-0.2, 0) is 12.8 Å². The molecule has 0 unspecified atom stereocenters. The standard InChI is InChI=1S/C19H19N/c1-3-15-10-11-18(14-16(15)4-2)19(12-13-20)17-8-6-5-7-9-17/h5-12,14H,3-4H2,1-2H3. The first-order valence-corrected chi connectivity index (χ1v) is 7.07. The third-order valence-corrected chi connectivity index (χ3v) is 3.57. The van der Waals surface area contributed by atoms with Crippen molar-refractivity contribution in [3.05, 3.63) is 76.9 Å². The predicted molar refractivity (Wildman–Crippen MR) is 84.3 cm³/mol. The maximum Gasteiger partial charge on any atom is 0.0918 e. The van der Waals surface area contributed by atoms with Crippen molar-refractivity contribution < 1.29 is 0 Å². The summed E-state index contributed by atoms with van der Waals surface area (Å²) in [6.45, 7) is 4.35. The van der Waals surface area contributed by atoms with E-state index in [2.05, 4.69) is 38.1 Å². The van der Waals surface area contributed by atoms with Crippen molar-refractivity contribution >= 4 is 5.57 Å². The van der Waals surface area contributed by atoms with E-state index in [4.69, 9.17) is 5.26 Å². The number of aryl methyl sites for hydroxylation is 2. The number of hydrogen-bond acceptors (Lipinski definition) is 1. The van der Waals surface area contributed by atoms with E-state index < -0.39 is 0 Å². The molecular formula is C19H19N. The smallest absolute Gasteiger partial charge is 0.0918 e. The van der Waals surface area contributed by atoms with Crippen LogP contribution < -0.4 is 0 Å². The molecule has 0 spiro atoms. The van der Waals surface area contributed by atoms with Gasteiger partial charge in [0.05, 0.1) is 6.07 Å². The van der Waals surface area contributed by atoms with E-state index in [0.29, 0.717) is 0 Å². The molecule has 0 saturated carbocycles. The summed E-state index contributed by atoms with van der Waals surface area (Å²) < 4.78 is 0. The summed E-state index contributed by atoms with van der Waals surface area (Å²) in [7, 11) is 0. The van der Waals surface area contributed by atoms with Crippen LogP contribution in [-0.4, -0.2) is 0 Å². The van der Waals surface area contributed by atoms with Gasteiger partial charge in [-0.3, -0.25) is 0 Å². The highest BCUT2D eigenvalue weighted by atomic mass is 14.2. The van der Waals surface area contributed by atoms with E-state index in [-0.39, 0.29) is 0 Å². The fraction of sp³-hybridized carbons (Fsp3) is 0.211. The Morgan fingerprint density at radius 3 is 2.25 bits per heavy atom. The molecule has 2 aromatic rings. The zero-order chi connectivity index (χ0) is 14.4. The first-order chi connectivity index (χ1) is 9.80. The molecule has 0 bridgehead atoms. The van der Waals surface area contributed by atoms with Crippen LogP contribution in [0.1, 0.15) is 36.1 Å². The Hall–Kier alpha value is -2.33. The predicted octanol–water partition coefficient (Wildman–Crippen LogP) is 4.77. The van der Waals surface area contributed by atoms with Gasteiger partial charge in [-0.15, -0.1) is 0 Å². The normalized spacial score (nSPS) is 11.2. The third-order valence-electron chi connectivity index (χ3n) is 3.57. The molecule has 0 amide bonds. The average Bonchev–Trinajstić information content (AvgIpc) is 2.52. The average molecular weight is 261 g/mol. The number of allylic oxidation sites excluding steroid dienone is 1. The number of benzene rings is 2. The molecule has 2 rings (SSSR count). The number of hydrogen-bond donors (Lipinski definition) is 0. The molecule has 0 aromatic heterocycles. The van der Waals surface area contributed by atoms with Gasteiger partial charge in [0.1, 0.15) is 0 Å². The van der Waals surface area contributed by atoms with E-state index in [1.54, 1.807) is 6.08 Å². The van der Waals surface area contributed by atoms with E-state index >= 15 is 0 Å².